The Morgan fingerprint density at radius 2 is 2.00 bits per heavy atom. The van der Waals surface area contributed by atoms with Crippen molar-refractivity contribution in [2.24, 2.45) is 5.92 Å². The van der Waals surface area contributed by atoms with E-state index >= 15 is 0 Å². The van der Waals surface area contributed by atoms with Crippen molar-refractivity contribution in [1.82, 2.24) is 9.29 Å². The number of nitrogens with zero attached hydrogens (tertiary/aromatic N) is 3. The van der Waals surface area contributed by atoms with Gasteiger partial charge in [-0.05, 0) is 67.3 Å². The molecule has 188 valence electrons. The Hall–Kier alpha value is -3.08. The maximum Gasteiger partial charge on any atom is 0.243 e. The van der Waals surface area contributed by atoms with Crippen molar-refractivity contribution >= 4 is 42.6 Å². The number of hydrogen-bond acceptors (Lipinski definition) is 6. The third kappa shape index (κ3) is 4.80. The molecule has 36 heavy (non-hydrogen) atoms. The Morgan fingerprint density at radius 1 is 1.19 bits per heavy atom. The van der Waals surface area contributed by atoms with Gasteiger partial charge in [0.05, 0.1) is 33.8 Å². The van der Waals surface area contributed by atoms with Crippen molar-refractivity contribution < 1.29 is 22.0 Å². The number of para-hydroxylation sites is 1. The summed E-state index contributed by atoms with van der Waals surface area (Å²) in [6.07, 6.45) is 3.49. The van der Waals surface area contributed by atoms with E-state index in [0.717, 1.165) is 34.3 Å². The number of aromatic nitrogens is 1. The van der Waals surface area contributed by atoms with Crippen LogP contribution < -0.4 is 4.90 Å². The van der Waals surface area contributed by atoms with Crippen LogP contribution in [0.3, 0.4) is 0 Å². The van der Waals surface area contributed by atoms with E-state index in [2.05, 4.69) is 6.92 Å². The zero-order chi connectivity index (χ0) is 25.3. The van der Waals surface area contributed by atoms with E-state index < -0.39 is 21.8 Å². The largest absolute Gasteiger partial charge is 0.467 e. The monoisotopic (exact) mass is 527 g/mol. The Bertz CT molecular complexity index is 1470. The van der Waals surface area contributed by atoms with Gasteiger partial charge in [0.2, 0.25) is 15.9 Å². The van der Waals surface area contributed by atoms with Crippen LogP contribution in [0.5, 0.6) is 0 Å². The van der Waals surface area contributed by atoms with E-state index in [9.17, 15) is 17.6 Å². The van der Waals surface area contributed by atoms with E-state index in [4.69, 9.17) is 9.40 Å². The maximum absolute atomic E-state index is 13.9. The van der Waals surface area contributed by atoms with Crippen molar-refractivity contribution in [1.29, 1.82) is 0 Å². The molecule has 3 heterocycles. The fraction of sp³-hybridized carbons (Fsp3) is 0.308. The lowest BCUT2D eigenvalue weighted by Gasteiger charge is -2.33. The third-order valence-corrected chi connectivity index (χ3v) is 9.37. The lowest BCUT2D eigenvalue weighted by molar-refractivity contribution is -0.123. The van der Waals surface area contributed by atoms with Crippen molar-refractivity contribution in [3.63, 3.8) is 0 Å². The second-order valence-electron chi connectivity index (χ2n) is 8.77. The standard InChI is InChI=1S/C26H26FN3O4S2/c1-2-18-6-3-9-23-24(18)28-26(35-23)30(17-21-8-5-15-34-21)25(31)19-7-4-14-29(16-19)36(32,33)22-12-10-20(27)11-13-22/h3,5-6,8-13,15,19H,2,4,7,14,16-17H2,1H3. The van der Waals surface area contributed by atoms with Crippen molar-refractivity contribution in [3.8, 4) is 0 Å². The number of hydrogen-bond donors (Lipinski definition) is 0. The molecule has 1 aliphatic rings. The van der Waals surface area contributed by atoms with E-state index in [1.807, 2.05) is 18.2 Å². The van der Waals surface area contributed by atoms with Crippen LogP contribution in [0.15, 0.2) is 70.2 Å². The first kappa shape index (κ1) is 24.6. The second-order valence-corrected chi connectivity index (χ2v) is 11.7. The van der Waals surface area contributed by atoms with Crippen LogP contribution >= 0.6 is 11.3 Å². The lowest BCUT2D eigenvalue weighted by atomic mass is 9.98. The lowest BCUT2D eigenvalue weighted by Crippen LogP contribution is -2.46. The van der Waals surface area contributed by atoms with Gasteiger partial charge in [-0.2, -0.15) is 4.31 Å². The quantitative estimate of drug-likeness (QED) is 0.329. The number of fused-ring (bicyclic) bond motifs is 1. The smallest absolute Gasteiger partial charge is 0.243 e. The molecule has 1 atom stereocenters. The van der Waals surface area contributed by atoms with Crippen LogP contribution in [0.1, 0.15) is 31.1 Å². The molecular weight excluding hydrogens is 501 g/mol. The number of carbonyl (C=O) groups excluding carboxylic acids is 1. The Labute approximate surface area is 213 Å². The van der Waals surface area contributed by atoms with Gasteiger partial charge in [-0.15, -0.1) is 0 Å². The minimum atomic E-state index is -3.85. The molecule has 1 amide bonds. The highest BCUT2D eigenvalue weighted by Gasteiger charge is 2.36. The summed E-state index contributed by atoms with van der Waals surface area (Å²) in [5.41, 5.74) is 1.98. The van der Waals surface area contributed by atoms with Gasteiger partial charge in [-0.25, -0.2) is 17.8 Å². The Morgan fingerprint density at radius 3 is 2.72 bits per heavy atom. The van der Waals surface area contributed by atoms with Crippen molar-refractivity contribution in [2.75, 3.05) is 18.0 Å². The molecule has 4 aromatic rings. The number of furan rings is 1. The molecule has 0 N–H and O–H groups in total. The number of piperidine rings is 1. The molecule has 0 bridgehead atoms. The normalized spacial score (nSPS) is 16.9. The number of halogens is 1. The van der Waals surface area contributed by atoms with E-state index in [1.54, 1.807) is 23.3 Å². The molecule has 7 nitrogen and oxygen atoms in total. The molecule has 1 saturated heterocycles. The Balaban J connectivity index is 1.45. The number of anilines is 1. The number of amides is 1. The molecule has 0 spiro atoms. The van der Waals surface area contributed by atoms with E-state index in [1.165, 1.54) is 27.8 Å². The molecule has 0 aliphatic carbocycles. The van der Waals surface area contributed by atoms with Gasteiger partial charge < -0.3 is 4.42 Å². The predicted octanol–water partition coefficient (Wildman–Crippen LogP) is 5.22. The molecular formula is C26H26FN3O4S2. The summed E-state index contributed by atoms with van der Waals surface area (Å²) in [5.74, 6) is -0.620. The highest BCUT2D eigenvalue weighted by atomic mass is 32.2. The zero-order valence-electron chi connectivity index (χ0n) is 19.8. The molecule has 2 aromatic carbocycles. The third-order valence-electron chi connectivity index (χ3n) is 6.45. The van der Waals surface area contributed by atoms with Gasteiger partial charge in [0.1, 0.15) is 11.6 Å². The number of rotatable bonds is 7. The molecule has 0 saturated carbocycles. The van der Waals surface area contributed by atoms with Gasteiger partial charge in [0, 0.05) is 13.1 Å². The average Bonchev–Trinajstić information content (AvgIpc) is 3.57. The van der Waals surface area contributed by atoms with Crippen molar-refractivity contribution in [3.05, 3.63) is 78.0 Å². The first-order valence-electron chi connectivity index (χ1n) is 11.8. The minimum Gasteiger partial charge on any atom is -0.467 e. The number of benzene rings is 2. The van der Waals surface area contributed by atoms with Gasteiger partial charge >= 0.3 is 0 Å². The van der Waals surface area contributed by atoms with Crippen LogP contribution in [0.2, 0.25) is 0 Å². The summed E-state index contributed by atoms with van der Waals surface area (Å²) in [7, 11) is -3.85. The summed E-state index contributed by atoms with van der Waals surface area (Å²) in [4.78, 5) is 20.3. The fourth-order valence-corrected chi connectivity index (χ4v) is 7.07. The molecule has 5 rings (SSSR count). The second kappa shape index (κ2) is 10.1. The minimum absolute atomic E-state index is 0.0164. The first-order chi connectivity index (χ1) is 17.4. The molecule has 1 unspecified atom stereocenters. The summed E-state index contributed by atoms with van der Waals surface area (Å²) in [6.45, 7) is 2.63. The summed E-state index contributed by atoms with van der Waals surface area (Å²) >= 11 is 1.44. The first-order valence-corrected chi connectivity index (χ1v) is 14.1. The van der Waals surface area contributed by atoms with Crippen LogP contribution in [0.25, 0.3) is 10.2 Å². The molecule has 1 fully saturated rings. The molecule has 0 radical (unpaired) electrons. The number of aryl methyl sites for hydroxylation is 1. The maximum atomic E-state index is 13.9. The predicted molar refractivity (Wildman–Crippen MR) is 137 cm³/mol. The summed E-state index contributed by atoms with van der Waals surface area (Å²) in [6, 6.07) is 14.3. The van der Waals surface area contributed by atoms with Crippen molar-refractivity contribution in [2.45, 2.75) is 37.6 Å². The van der Waals surface area contributed by atoms with Crippen LogP contribution in [-0.2, 0) is 27.8 Å². The zero-order valence-corrected chi connectivity index (χ0v) is 21.4. The van der Waals surface area contributed by atoms with Crippen LogP contribution in [-0.4, -0.2) is 36.7 Å². The van der Waals surface area contributed by atoms with Gasteiger partial charge in [-0.1, -0.05) is 30.4 Å². The van der Waals surface area contributed by atoms with Gasteiger partial charge in [0.15, 0.2) is 5.13 Å². The fourth-order valence-electron chi connectivity index (χ4n) is 4.53. The highest BCUT2D eigenvalue weighted by Crippen LogP contribution is 2.34. The molecule has 2 aromatic heterocycles. The summed E-state index contributed by atoms with van der Waals surface area (Å²) < 4.78 is 47.6. The topological polar surface area (TPSA) is 83.7 Å². The van der Waals surface area contributed by atoms with Gasteiger partial charge in [-0.3, -0.25) is 9.69 Å². The molecule has 10 heteroatoms. The van der Waals surface area contributed by atoms with E-state index in [-0.39, 0.29) is 23.9 Å². The Kier molecular flexibility index (Phi) is 6.92. The number of thiazole rings is 1. The highest BCUT2D eigenvalue weighted by molar-refractivity contribution is 7.89. The SMILES string of the molecule is CCc1cccc2sc(N(Cc3ccco3)C(=O)C3CCCN(S(=O)(=O)c4ccc(F)cc4)C3)nc12. The van der Waals surface area contributed by atoms with Crippen LogP contribution in [0, 0.1) is 11.7 Å². The van der Waals surface area contributed by atoms with E-state index in [0.29, 0.717) is 30.3 Å². The molecule has 1 aliphatic heterocycles. The van der Waals surface area contributed by atoms with Gasteiger partial charge in [0.25, 0.3) is 0 Å². The average molecular weight is 528 g/mol. The summed E-state index contributed by atoms with van der Waals surface area (Å²) in [5, 5.41) is 0.561. The number of sulfonamides is 1. The number of carbonyl (C=O) groups is 1. The van der Waals surface area contributed by atoms with Crippen LogP contribution in [0.4, 0.5) is 9.52 Å².